The first-order chi connectivity index (χ1) is 12.2. The molecule has 2 heterocycles. The summed E-state index contributed by atoms with van der Waals surface area (Å²) in [5, 5.41) is 0.706. The Morgan fingerprint density at radius 2 is 1.92 bits per heavy atom. The molecule has 1 unspecified atom stereocenters. The molecule has 0 aliphatic carbocycles. The van der Waals surface area contributed by atoms with Crippen molar-refractivity contribution >= 4 is 28.9 Å². The van der Waals surface area contributed by atoms with Crippen LogP contribution in [0.3, 0.4) is 0 Å². The van der Waals surface area contributed by atoms with E-state index in [2.05, 4.69) is 28.1 Å². The fourth-order valence-corrected chi connectivity index (χ4v) is 3.52. The summed E-state index contributed by atoms with van der Waals surface area (Å²) in [6.07, 6.45) is 6.63. The standard InChI is InChI=1S/C20H18ClN3O/c21-17-7-9-18(10-8-17)24-13-16(20(25)23-12-11-22-14-23)6-5-15-3-1-2-4-19(15)24/h1-4,7-12,14,16H,5-6,13H2. The van der Waals surface area contributed by atoms with Crippen LogP contribution >= 0.6 is 11.6 Å². The van der Waals surface area contributed by atoms with Gasteiger partial charge in [0, 0.05) is 35.3 Å². The summed E-state index contributed by atoms with van der Waals surface area (Å²) in [4.78, 5) is 19.1. The number of hydrogen-bond acceptors (Lipinski definition) is 3. The minimum Gasteiger partial charge on any atom is -0.340 e. The Labute approximate surface area is 151 Å². The lowest BCUT2D eigenvalue weighted by molar-refractivity contribution is 0.0833. The van der Waals surface area contributed by atoms with Crippen LogP contribution in [0.2, 0.25) is 5.02 Å². The zero-order chi connectivity index (χ0) is 17.2. The number of carbonyl (C=O) groups is 1. The van der Waals surface area contributed by atoms with E-state index < -0.39 is 0 Å². The molecular formula is C20H18ClN3O. The maximum atomic E-state index is 12.9. The number of para-hydroxylation sites is 1. The van der Waals surface area contributed by atoms with Gasteiger partial charge < -0.3 is 4.90 Å². The number of fused-ring (bicyclic) bond motifs is 1. The van der Waals surface area contributed by atoms with Crippen molar-refractivity contribution in [3.05, 3.63) is 77.8 Å². The Kier molecular flexibility index (Phi) is 4.28. The van der Waals surface area contributed by atoms with Crippen LogP contribution in [-0.2, 0) is 6.42 Å². The van der Waals surface area contributed by atoms with E-state index in [9.17, 15) is 4.79 Å². The van der Waals surface area contributed by atoms with Crippen molar-refractivity contribution in [2.45, 2.75) is 12.8 Å². The van der Waals surface area contributed by atoms with Crippen LogP contribution < -0.4 is 4.90 Å². The van der Waals surface area contributed by atoms with Crippen molar-refractivity contribution in [1.29, 1.82) is 0 Å². The normalized spacial score (nSPS) is 17.0. The summed E-state index contributed by atoms with van der Waals surface area (Å²) in [6, 6.07) is 16.1. The number of halogens is 1. The van der Waals surface area contributed by atoms with E-state index in [0.717, 1.165) is 24.2 Å². The topological polar surface area (TPSA) is 38.1 Å². The van der Waals surface area contributed by atoms with Gasteiger partial charge in [0.05, 0.1) is 5.92 Å². The average molecular weight is 352 g/mol. The van der Waals surface area contributed by atoms with E-state index in [1.807, 2.05) is 30.3 Å². The molecule has 1 aliphatic heterocycles. The summed E-state index contributed by atoms with van der Waals surface area (Å²) in [5.41, 5.74) is 3.46. The summed E-state index contributed by atoms with van der Waals surface area (Å²) in [6.45, 7) is 0.635. The minimum atomic E-state index is -0.0997. The number of aromatic nitrogens is 2. The van der Waals surface area contributed by atoms with Crippen molar-refractivity contribution in [2.75, 3.05) is 11.4 Å². The monoisotopic (exact) mass is 351 g/mol. The van der Waals surface area contributed by atoms with Crippen LogP contribution in [0.25, 0.3) is 0 Å². The molecule has 126 valence electrons. The van der Waals surface area contributed by atoms with Gasteiger partial charge in [-0.05, 0) is 48.7 Å². The molecule has 0 amide bonds. The van der Waals surface area contributed by atoms with Crippen LogP contribution in [0, 0.1) is 5.92 Å². The van der Waals surface area contributed by atoms with E-state index in [-0.39, 0.29) is 11.8 Å². The summed E-state index contributed by atoms with van der Waals surface area (Å²) >= 11 is 6.05. The van der Waals surface area contributed by atoms with Gasteiger partial charge in [0.1, 0.15) is 6.33 Å². The molecule has 3 aromatic rings. The second kappa shape index (κ2) is 6.73. The molecule has 1 aromatic heterocycles. The molecule has 25 heavy (non-hydrogen) atoms. The fourth-order valence-electron chi connectivity index (χ4n) is 3.39. The molecule has 1 aliphatic rings. The molecule has 0 bridgehead atoms. The summed E-state index contributed by atoms with van der Waals surface area (Å²) < 4.78 is 1.58. The Bertz CT molecular complexity index is 874. The van der Waals surface area contributed by atoms with E-state index in [4.69, 9.17) is 11.6 Å². The van der Waals surface area contributed by atoms with Gasteiger partial charge in [-0.15, -0.1) is 0 Å². The number of aryl methyl sites for hydroxylation is 1. The molecule has 0 saturated heterocycles. The predicted molar refractivity (Wildman–Crippen MR) is 99.6 cm³/mol. The highest BCUT2D eigenvalue weighted by atomic mass is 35.5. The average Bonchev–Trinajstić information content (AvgIpc) is 3.11. The van der Waals surface area contributed by atoms with Crippen LogP contribution in [0.1, 0.15) is 16.8 Å². The van der Waals surface area contributed by atoms with Gasteiger partial charge in [0.15, 0.2) is 0 Å². The lowest BCUT2D eigenvalue weighted by Crippen LogP contribution is -2.31. The lowest BCUT2D eigenvalue weighted by atomic mass is 10.0. The number of rotatable bonds is 2. The highest BCUT2D eigenvalue weighted by molar-refractivity contribution is 6.30. The maximum absolute atomic E-state index is 12.9. The van der Waals surface area contributed by atoms with Crippen LogP contribution in [0.5, 0.6) is 0 Å². The number of carbonyl (C=O) groups excluding carboxylic acids is 1. The zero-order valence-electron chi connectivity index (χ0n) is 13.7. The largest absolute Gasteiger partial charge is 0.340 e. The lowest BCUT2D eigenvalue weighted by Gasteiger charge is -2.27. The van der Waals surface area contributed by atoms with E-state index in [1.165, 1.54) is 5.56 Å². The second-order valence-corrected chi connectivity index (χ2v) is 6.70. The smallest absolute Gasteiger partial charge is 0.236 e. The second-order valence-electron chi connectivity index (χ2n) is 6.26. The quantitative estimate of drug-likeness (QED) is 0.678. The van der Waals surface area contributed by atoms with Crippen molar-refractivity contribution in [1.82, 2.24) is 9.55 Å². The highest BCUT2D eigenvalue weighted by Gasteiger charge is 2.28. The predicted octanol–water partition coefficient (Wildman–Crippen LogP) is 4.58. The number of anilines is 2. The number of hydrogen-bond donors (Lipinski definition) is 0. The molecule has 2 aromatic carbocycles. The van der Waals surface area contributed by atoms with Crippen LogP contribution in [-0.4, -0.2) is 22.0 Å². The van der Waals surface area contributed by atoms with Crippen molar-refractivity contribution in [3.8, 4) is 0 Å². The third-order valence-corrected chi connectivity index (χ3v) is 4.95. The van der Waals surface area contributed by atoms with E-state index in [1.54, 1.807) is 23.3 Å². The minimum absolute atomic E-state index is 0.0873. The maximum Gasteiger partial charge on any atom is 0.236 e. The van der Waals surface area contributed by atoms with Gasteiger partial charge in [-0.3, -0.25) is 9.36 Å². The molecule has 4 rings (SSSR count). The Morgan fingerprint density at radius 1 is 1.12 bits per heavy atom. The van der Waals surface area contributed by atoms with Gasteiger partial charge in [-0.1, -0.05) is 29.8 Å². The first-order valence-corrected chi connectivity index (χ1v) is 8.73. The van der Waals surface area contributed by atoms with Gasteiger partial charge in [0.2, 0.25) is 5.91 Å². The molecule has 0 spiro atoms. The first-order valence-electron chi connectivity index (χ1n) is 8.35. The number of benzene rings is 2. The van der Waals surface area contributed by atoms with Crippen molar-refractivity contribution < 1.29 is 4.79 Å². The molecule has 1 atom stereocenters. The van der Waals surface area contributed by atoms with Gasteiger partial charge >= 0.3 is 0 Å². The molecule has 0 radical (unpaired) electrons. The Morgan fingerprint density at radius 3 is 2.68 bits per heavy atom. The van der Waals surface area contributed by atoms with E-state index >= 15 is 0 Å². The zero-order valence-corrected chi connectivity index (χ0v) is 14.4. The van der Waals surface area contributed by atoms with Gasteiger partial charge in [-0.2, -0.15) is 0 Å². The summed E-state index contributed by atoms with van der Waals surface area (Å²) in [7, 11) is 0. The van der Waals surface area contributed by atoms with Crippen molar-refractivity contribution in [2.24, 2.45) is 5.92 Å². The molecular weight excluding hydrogens is 334 g/mol. The number of nitrogens with zero attached hydrogens (tertiary/aromatic N) is 3. The Hall–Kier alpha value is -2.59. The molecule has 5 heteroatoms. The molecule has 0 N–H and O–H groups in total. The third kappa shape index (κ3) is 3.17. The molecule has 4 nitrogen and oxygen atoms in total. The molecule has 0 fully saturated rings. The Balaban J connectivity index is 1.72. The fraction of sp³-hybridized carbons (Fsp3) is 0.200. The van der Waals surface area contributed by atoms with Gasteiger partial charge in [-0.25, -0.2) is 4.98 Å². The SMILES string of the molecule is O=C(C1CCc2ccccc2N(c2ccc(Cl)cc2)C1)n1ccnc1. The first kappa shape index (κ1) is 15.9. The highest BCUT2D eigenvalue weighted by Crippen LogP contribution is 2.35. The van der Waals surface area contributed by atoms with Crippen molar-refractivity contribution in [3.63, 3.8) is 0 Å². The van der Waals surface area contributed by atoms with E-state index in [0.29, 0.717) is 11.6 Å². The van der Waals surface area contributed by atoms with Crippen LogP contribution in [0.15, 0.2) is 67.3 Å². The summed E-state index contributed by atoms with van der Waals surface area (Å²) in [5.74, 6) is -0.0125. The van der Waals surface area contributed by atoms with Gasteiger partial charge in [0.25, 0.3) is 0 Å². The third-order valence-electron chi connectivity index (χ3n) is 4.69. The molecule has 0 saturated carbocycles. The van der Waals surface area contributed by atoms with Crippen LogP contribution in [0.4, 0.5) is 11.4 Å². The number of imidazole rings is 1.